The van der Waals surface area contributed by atoms with Gasteiger partial charge in [0.15, 0.2) is 0 Å². The predicted molar refractivity (Wildman–Crippen MR) is 67.0 cm³/mol. The zero-order valence-corrected chi connectivity index (χ0v) is 10.8. The number of halogens is 4. The molecule has 0 radical (unpaired) electrons. The highest BCUT2D eigenvalue weighted by atomic mass is 35.5. The van der Waals surface area contributed by atoms with Gasteiger partial charge in [-0.15, -0.1) is 0 Å². The fourth-order valence-electron chi connectivity index (χ4n) is 1.60. The second kappa shape index (κ2) is 5.13. The molecular weight excluding hydrogens is 279 g/mol. The normalized spacial score (nSPS) is 11.6. The molecule has 0 aliphatic carbocycles. The Balaban J connectivity index is 2.15. The highest BCUT2D eigenvalue weighted by Gasteiger charge is 2.30. The van der Waals surface area contributed by atoms with E-state index in [-0.39, 0.29) is 10.7 Å². The first-order valence-corrected chi connectivity index (χ1v) is 5.82. The number of rotatable bonds is 3. The molecule has 3 nitrogen and oxygen atoms in total. The van der Waals surface area contributed by atoms with Crippen LogP contribution in [0.3, 0.4) is 0 Å². The summed E-state index contributed by atoms with van der Waals surface area (Å²) in [6.07, 6.45) is -0.974. The standard InChI is InChI=1S/C12H11ClF3N3/c1-19-7-8(6-18-19)5-17-11-4-9(12(14,15)16)2-3-10(11)13/h2-4,6-7,17H,5H2,1H3. The van der Waals surface area contributed by atoms with E-state index in [1.165, 1.54) is 6.07 Å². The molecule has 0 saturated carbocycles. The van der Waals surface area contributed by atoms with Gasteiger partial charge in [-0.05, 0) is 18.2 Å². The van der Waals surface area contributed by atoms with Gasteiger partial charge in [-0.2, -0.15) is 18.3 Å². The molecule has 0 amide bonds. The first kappa shape index (κ1) is 13.7. The van der Waals surface area contributed by atoms with Gasteiger partial charge in [0.25, 0.3) is 0 Å². The van der Waals surface area contributed by atoms with Crippen LogP contribution in [0.4, 0.5) is 18.9 Å². The van der Waals surface area contributed by atoms with Crippen molar-refractivity contribution in [2.24, 2.45) is 7.05 Å². The average molecular weight is 290 g/mol. The van der Waals surface area contributed by atoms with E-state index in [9.17, 15) is 13.2 Å². The van der Waals surface area contributed by atoms with Gasteiger partial charge in [-0.3, -0.25) is 4.68 Å². The molecule has 1 heterocycles. The molecule has 1 N–H and O–H groups in total. The summed E-state index contributed by atoms with van der Waals surface area (Å²) in [5.41, 5.74) is 0.377. The molecule has 2 aromatic rings. The zero-order chi connectivity index (χ0) is 14.0. The Morgan fingerprint density at radius 2 is 2.11 bits per heavy atom. The molecule has 0 aliphatic rings. The van der Waals surface area contributed by atoms with Crippen molar-refractivity contribution in [3.63, 3.8) is 0 Å². The summed E-state index contributed by atoms with van der Waals surface area (Å²) in [7, 11) is 1.76. The predicted octanol–water partition coefficient (Wildman–Crippen LogP) is 3.70. The Morgan fingerprint density at radius 3 is 2.68 bits per heavy atom. The third kappa shape index (κ3) is 3.41. The van der Waals surface area contributed by atoms with Crippen molar-refractivity contribution < 1.29 is 13.2 Å². The smallest absolute Gasteiger partial charge is 0.380 e. The molecular formula is C12H11ClF3N3. The van der Waals surface area contributed by atoms with E-state index in [0.29, 0.717) is 6.54 Å². The van der Waals surface area contributed by atoms with Crippen LogP contribution in [0.25, 0.3) is 0 Å². The molecule has 19 heavy (non-hydrogen) atoms. The number of aryl methyl sites for hydroxylation is 1. The Kier molecular flexibility index (Phi) is 3.71. The largest absolute Gasteiger partial charge is 0.416 e. The molecule has 0 bridgehead atoms. The maximum atomic E-state index is 12.6. The molecule has 7 heteroatoms. The molecule has 0 aliphatic heterocycles. The Labute approximate surface area is 113 Å². The number of anilines is 1. The number of benzene rings is 1. The van der Waals surface area contributed by atoms with E-state index in [0.717, 1.165) is 17.7 Å². The van der Waals surface area contributed by atoms with Gasteiger partial charge in [-0.1, -0.05) is 11.6 Å². The Hall–Kier alpha value is -1.69. The summed E-state index contributed by atoms with van der Waals surface area (Å²) in [4.78, 5) is 0. The van der Waals surface area contributed by atoms with E-state index in [1.807, 2.05) is 0 Å². The number of aromatic nitrogens is 2. The summed E-state index contributed by atoms with van der Waals surface area (Å²) in [5, 5.41) is 7.09. The lowest BCUT2D eigenvalue weighted by Crippen LogP contribution is -2.06. The lowest BCUT2D eigenvalue weighted by molar-refractivity contribution is -0.137. The molecule has 0 unspecified atom stereocenters. The quantitative estimate of drug-likeness (QED) is 0.933. The van der Waals surface area contributed by atoms with Gasteiger partial charge in [-0.25, -0.2) is 0 Å². The van der Waals surface area contributed by atoms with Gasteiger partial charge >= 0.3 is 6.18 Å². The van der Waals surface area contributed by atoms with Crippen molar-refractivity contribution >= 4 is 17.3 Å². The maximum Gasteiger partial charge on any atom is 0.416 e. The van der Waals surface area contributed by atoms with Crippen molar-refractivity contribution in [2.45, 2.75) is 12.7 Å². The first-order chi connectivity index (χ1) is 8.86. The van der Waals surface area contributed by atoms with Crippen LogP contribution in [0.1, 0.15) is 11.1 Å². The van der Waals surface area contributed by atoms with Crippen LogP contribution in [0.5, 0.6) is 0 Å². The van der Waals surface area contributed by atoms with Crippen molar-refractivity contribution in [3.8, 4) is 0 Å². The van der Waals surface area contributed by atoms with Crippen LogP contribution in [-0.2, 0) is 19.8 Å². The lowest BCUT2D eigenvalue weighted by atomic mass is 10.2. The van der Waals surface area contributed by atoms with Crippen LogP contribution in [0, 0.1) is 0 Å². The summed E-state index contributed by atoms with van der Waals surface area (Å²) in [6, 6.07) is 3.19. The third-order valence-electron chi connectivity index (χ3n) is 2.54. The number of nitrogens with zero attached hydrogens (tertiary/aromatic N) is 2. The van der Waals surface area contributed by atoms with Crippen LogP contribution >= 0.6 is 11.6 Å². The number of alkyl halides is 3. The van der Waals surface area contributed by atoms with Gasteiger partial charge in [0.05, 0.1) is 22.5 Å². The van der Waals surface area contributed by atoms with Crippen LogP contribution in [-0.4, -0.2) is 9.78 Å². The van der Waals surface area contributed by atoms with Crippen molar-refractivity contribution in [3.05, 3.63) is 46.7 Å². The topological polar surface area (TPSA) is 29.9 Å². The van der Waals surface area contributed by atoms with E-state index in [1.54, 1.807) is 24.1 Å². The minimum atomic E-state index is -4.38. The number of hydrogen-bond acceptors (Lipinski definition) is 2. The van der Waals surface area contributed by atoms with Crippen molar-refractivity contribution in [1.29, 1.82) is 0 Å². The molecule has 0 saturated heterocycles. The molecule has 0 fully saturated rings. The molecule has 1 aromatic carbocycles. The molecule has 2 rings (SSSR count). The fourth-order valence-corrected chi connectivity index (χ4v) is 1.78. The second-order valence-electron chi connectivity index (χ2n) is 4.07. The summed E-state index contributed by atoms with van der Waals surface area (Å²) in [6.45, 7) is 0.356. The van der Waals surface area contributed by atoms with Gasteiger partial charge in [0.2, 0.25) is 0 Å². The Morgan fingerprint density at radius 1 is 1.37 bits per heavy atom. The van der Waals surface area contributed by atoms with Crippen LogP contribution < -0.4 is 5.32 Å². The summed E-state index contributed by atoms with van der Waals surface area (Å²) >= 11 is 5.87. The monoisotopic (exact) mass is 289 g/mol. The maximum absolute atomic E-state index is 12.6. The molecule has 102 valence electrons. The van der Waals surface area contributed by atoms with Crippen molar-refractivity contribution in [1.82, 2.24) is 9.78 Å². The van der Waals surface area contributed by atoms with Crippen LogP contribution in [0.15, 0.2) is 30.6 Å². The molecule has 0 atom stereocenters. The van der Waals surface area contributed by atoms with Gasteiger partial charge < -0.3 is 5.32 Å². The van der Waals surface area contributed by atoms with Gasteiger partial charge in [0, 0.05) is 25.4 Å². The SMILES string of the molecule is Cn1cc(CNc2cc(C(F)(F)F)ccc2Cl)cn1. The molecule has 1 aromatic heterocycles. The molecule has 0 spiro atoms. The minimum Gasteiger partial charge on any atom is -0.380 e. The Bertz CT molecular complexity index is 578. The highest BCUT2D eigenvalue weighted by Crippen LogP contribution is 2.33. The minimum absolute atomic E-state index is 0.247. The van der Waals surface area contributed by atoms with E-state index in [4.69, 9.17) is 11.6 Å². The van der Waals surface area contributed by atoms with Crippen LogP contribution in [0.2, 0.25) is 5.02 Å². The zero-order valence-electron chi connectivity index (χ0n) is 10.0. The fraction of sp³-hybridized carbons (Fsp3) is 0.250. The average Bonchev–Trinajstić information content (AvgIpc) is 2.72. The second-order valence-corrected chi connectivity index (χ2v) is 4.48. The first-order valence-electron chi connectivity index (χ1n) is 5.44. The van der Waals surface area contributed by atoms with Gasteiger partial charge in [0.1, 0.15) is 0 Å². The van der Waals surface area contributed by atoms with E-state index < -0.39 is 11.7 Å². The highest BCUT2D eigenvalue weighted by molar-refractivity contribution is 6.33. The summed E-state index contributed by atoms with van der Waals surface area (Å²) in [5.74, 6) is 0. The third-order valence-corrected chi connectivity index (χ3v) is 2.86. The number of hydrogen-bond donors (Lipinski definition) is 1. The number of nitrogens with one attached hydrogen (secondary N) is 1. The lowest BCUT2D eigenvalue weighted by Gasteiger charge is -2.11. The van der Waals surface area contributed by atoms with Crippen molar-refractivity contribution in [2.75, 3.05) is 5.32 Å². The summed E-state index contributed by atoms with van der Waals surface area (Å²) < 4.78 is 39.4. The van der Waals surface area contributed by atoms with E-state index in [2.05, 4.69) is 10.4 Å². The van der Waals surface area contributed by atoms with E-state index >= 15 is 0 Å².